The van der Waals surface area contributed by atoms with Gasteiger partial charge in [0.25, 0.3) is 0 Å². The van der Waals surface area contributed by atoms with Gasteiger partial charge >= 0.3 is 12.0 Å². The van der Waals surface area contributed by atoms with E-state index in [4.69, 9.17) is 10.8 Å². The predicted molar refractivity (Wildman–Crippen MR) is 72.9 cm³/mol. The average molecular weight is 285 g/mol. The molecule has 114 valence electrons. The van der Waals surface area contributed by atoms with Gasteiger partial charge in [-0.2, -0.15) is 0 Å². The van der Waals surface area contributed by atoms with Gasteiger partial charge in [-0.05, 0) is 24.7 Å². The lowest BCUT2D eigenvalue weighted by molar-refractivity contribution is -0.139. The van der Waals surface area contributed by atoms with Crippen molar-refractivity contribution >= 4 is 17.9 Å². The number of nitrogens with zero attached hydrogens (tertiary/aromatic N) is 1. The van der Waals surface area contributed by atoms with Crippen molar-refractivity contribution in [2.75, 3.05) is 13.1 Å². The molecule has 20 heavy (non-hydrogen) atoms. The Hall–Kier alpha value is -1.79. The third kappa shape index (κ3) is 4.71. The molecule has 2 atom stereocenters. The standard InChI is InChI=1S/C13H23N3O4/c1-8(2)9-5-6-16(7-9)13(20)15-10(12(18)19)3-4-11(14)17/h8-10H,3-7H2,1-2H3,(H2,14,17)(H,15,20)(H,18,19)/t9?,10-/m0/s1. The number of hydrogen-bond acceptors (Lipinski definition) is 3. The molecule has 0 aliphatic carbocycles. The molecule has 3 amide bonds. The molecule has 0 aromatic carbocycles. The van der Waals surface area contributed by atoms with Crippen molar-refractivity contribution in [2.45, 2.75) is 39.2 Å². The highest BCUT2D eigenvalue weighted by molar-refractivity contribution is 5.83. The van der Waals surface area contributed by atoms with Gasteiger partial charge in [0, 0.05) is 19.5 Å². The highest BCUT2D eigenvalue weighted by Gasteiger charge is 2.30. The van der Waals surface area contributed by atoms with E-state index < -0.39 is 17.9 Å². The van der Waals surface area contributed by atoms with Crippen LogP contribution >= 0.6 is 0 Å². The summed E-state index contributed by atoms with van der Waals surface area (Å²) < 4.78 is 0. The maximum atomic E-state index is 12.0. The second-order valence-corrected chi connectivity index (χ2v) is 5.58. The van der Waals surface area contributed by atoms with Crippen molar-refractivity contribution < 1.29 is 19.5 Å². The molecule has 0 spiro atoms. The average Bonchev–Trinajstić information content (AvgIpc) is 2.83. The molecule has 1 rings (SSSR count). The van der Waals surface area contributed by atoms with Crippen LogP contribution in [-0.4, -0.2) is 47.0 Å². The van der Waals surface area contributed by atoms with E-state index in [9.17, 15) is 14.4 Å². The van der Waals surface area contributed by atoms with E-state index in [0.717, 1.165) is 6.42 Å². The van der Waals surface area contributed by atoms with Crippen LogP contribution in [0.2, 0.25) is 0 Å². The molecule has 1 saturated heterocycles. The van der Waals surface area contributed by atoms with Gasteiger partial charge in [0.15, 0.2) is 0 Å². The fourth-order valence-corrected chi connectivity index (χ4v) is 2.30. The Morgan fingerprint density at radius 2 is 2.05 bits per heavy atom. The summed E-state index contributed by atoms with van der Waals surface area (Å²) in [6.45, 7) is 5.50. The van der Waals surface area contributed by atoms with Gasteiger partial charge in [-0.15, -0.1) is 0 Å². The number of amides is 3. The smallest absolute Gasteiger partial charge is 0.326 e. The number of rotatable bonds is 6. The molecule has 7 heteroatoms. The van der Waals surface area contributed by atoms with Crippen LogP contribution in [0.25, 0.3) is 0 Å². The van der Waals surface area contributed by atoms with E-state index in [-0.39, 0.29) is 18.9 Å². The molecule has 0 bridgehead atoms. The van der Waals surface area contributed by atoms with Crippen molar-refractivity contribution in [3.8, 4) is 0 Å². The van der Waals surface area contributed by atoms with Gasteiger partial charge in [-0.25, -0.2) is 9.59 Å². The first-order valence-electron chi connectivity index (χ1n) is 6.87. The van der Waals surface area contributed by atoms with Crippen LogP contribution in [0.1, 0.15) is 33.1 Å². The van der Waals surface area contributed by atoms with Crippen molar-refractivity contribution in [1.82, 2.24) is 10.2 Å². The summed E-state index contributed by atoms with van der Waals surface area (Å²) in [5.41, 5.74) is 4.99. The van der Waals surface area contributed by atoms with Crippen LogP contribution in [0, 0.1) is 11.8 Å². The number of carbonyl (C=O) groups is 3. The van der Waals surface area contributed by atoms with Gasteiger partial charge in [0.05, 0.1) is 0 Å². The first-order valence-corrected chi connectivity index (χ1v) is 6.87. The minimum atomic E-state index is -1.15. The quantitative estimate of drug-likeness (QED) is 0.655. The SMILES string of the molecule is CC(C)C1CCN(C(=O)N[C@@H](CCC(N)=O)C(=O)O)C1. The summed E-state index contributed by atoms with van der Waals surface area (Å²) in [5.74, 6) is -0.779. The summed E-state index contributed by atoms with van der Waals surface area (Å²) in [7, 11) is 0. The molecule has 0 aromatic rings. The maximum absolute atomic E-state index is 12.0. The first kappa shape index (κ1) is 16.3. The number of likely N-dealkylation sites (tertiary alicyclic amines) is 1. The van der Waals surface area contributed by atoms with E-state index in [1.807, 2.05) is 0 Å². The Bertz CT molecular complexity index is 384. The highest BCUT2D eigenvalue weighted by Crippen LogP contribution is 2.23. The molecule has 4 N–H and O–H groups in total. The van der Waals surface area contributed by atoms with Gasteiger partial charge in [0.1, 0.15) is 6.04 Å². The Balaban J connectivity index is 2.50. The molecule has 1 aliphatic rings. The Kier molecular flexibility index (Phi) is 5.79. The van der Waals surface area contributed by atoms with E-state index in [1.165, 1.54) is 0 Å². The second kappa shape index (κ2) is 7.12. The molecule has 7 nitrogen and oxygen atoms in total. The zero-order valence-electron chi connectivity index (χ0n) is 12.0. The second-order valence-electron chi connectivity index (χ2n) is 5.58. The number of carboxylic acid groups (broad SMARTS) is 1. The van der Waals surface area contributed by atoms with Crippen LogP contribution < -0.4 is 11.1 Å². The van der Waals surface area contributed by atoms with E-state index >= 15 is 0 Å². The number of nitrogens with one attached hydrogen (secondary N) is 1. The fraction of sp³-hybridized carbons (Fsp3) is 0.769. The molecule has 0 aromatic heterocycles. The van der Waals surface area contributed by atoms with Crippen LogP contribution in [0.5, 0.6) is 0 Å². The fourth-order valence-electron chi connectivity index (χ4n) is 2.30. The topological polar surface area (TPSA) is 113 Å². The van der Waals surface area contributed by atoms with E-state index in [1.54, 1.807) is 4.90 Å². The molecule has 1 unspecified atom stereocenters. The van der Waals surface area contributed by atoms with Crippen LogP contribution in [0.4, 0.5) is 4.79 Å². The molecule has 1 fully saturated rings. The number of nitrogens with two attached hydrogens (primary N) is 1. The van der Waals surface area contributed by atoms with Crippen LogP contribution in [0.3, 0.4) is 0 Å². The minimum Gasteiger partial charge on any atom is -0.480 e. The van der Waals surface area contributed by atoms with Crippen molar-refractivity contribution in [3.63, 3.8) is 0 Å². The molecule has 0 saturated carbocycles. The Morgan fingerprint density at radius 3 is 2.50 bits per heavy atom. The monoisotopic (exact) mass is 285 g/mol. The van der Waals surface area contributed by atoms with Crippen molar-refractivity contribution in [2.24, 2.45) is 17.6 Å². The van der Waals surface area contributed by atoms with Gasteiger partial charge in [-0.1, -0.05) is 13.8 Å². The Labute approximate surface area is 118 Å². The van der Waals surface area contributed by atoms with Crippen LogP contribution in [0.15, 0.2) is 0 Å². The summed E-state index contributed by atoms with van der Waals surface area (Å²) >= 11 is 0. The number of carboxylic acids is 1. The summed E-state index contributed by atoms with van der Waals surface area (Å²) in [5, 5.41) is 11.5. The zero-order valence-corrected chi connectivity index (χ0v) is 12.0. The van der Waals surface area contributed by atoms with Crippen molar-refractivity contribution in [1.29, 1.82) is 0 Å². The summed E-state index contributed by atoms with van der Waals surface area (Å²) in [6.07, 6.45) is 0.883. The number of aliphatic carboxylic acids is 1. The lowest BCUT2D eigenvalue weighted by Gasteiger charge is -2.21. The first-order chi connectivity index (χ1) is 9.31. The van der Waals surface area contributed by atoms with Crippen molar-refractivity contribution in [3.05, 3.63) is 0 Å². The summed E-state index contributed by atoms with van der Waals surface area (Å²) in [4.78, 5) is 35.4. The van der Waals surface area contributed by atoms with Crippen LogP contribution in [-0.2, 0) is 9.59 Å². The molecular formula is C13H23N3O4. The third-order valence-corrected chi connectivity index (χ3v) is 3.73. The molecule has 0 radical (unpaired) electrons. The molecular weight excluding hydrogens is 262 g/mol. The molecule has 1 heterocycles. The van der Waals surface area contributed by atoms with Gasteiger partial charge in [0.2, 0.25) is 5.91 Å². The number of hydrogen-bond donors (Lipinski definition) is 3. The third-order valence-electron chi connectivity index (χ3n) is 3.73. The van der Waals surface area contributed by atoms with Gasteiger partial charge in [-0.3, -0.25) is 4.79 Å². The highest BCUT2D eigenvalue weighted by atomic mass is 16.4. The number of carbonyl (C=O) groups excluding carboxylic acids is 2. The maximum Gasteiger partial charge on any atom is 0.326 e. The minimum absolute atomic E-state index is 0.0118. The Morgan fingerprint density at radius 1 is 1.40 bits per heavy atom. The van der Waals surface area contributed by atoms with Gasteiger partial charge < -0.3 is 21.1 Å². The van der Waals surface area contributed by atoms with E-state index in [0.29, 0.717) is 24.9 Å². The largest absolute Gasteiger partial charge is 0.480 e. The van der Waals surface area contributed by atoms with E-state index in [2.05, 4.69) is 19.2 Å². The zero-order chi connectivity index (χ0) is 15.3. The lowest BCUT2D eigenvalue weighted by Crippen LogP contribution is -2.47. The number of urea groups is 1. The molecule has 1 aliphatic heterocycles. The predicted octanol–water partition coefficient (Wildman–Crippen LogP) is 0.393. The summed E-state index contributed by atoms with van der Waals surface area (Å²) in [6, 6.07) is -1.46. The number of primary amides is 1. The normalized spacial score (nSPS) is 19.9. The lowest BCUT2D eigenvalue weighted by atomic mass is 9.95.